The van der Waals surface area contributed by atoms with Gasteiger partial charge in [-0.3, -0.25) is 9.59 Å². The van der Waals surface area contributed by atoms with Gasteiger partial charge < -0.3 is 20.3 Å². The summed E-state index contributed by atoms with van der Waals surface area (Å²) < 4.78 is 5.47. The molecule has 3 aromatic carbocycles. The highest BCUT2D eigenvalue weighted by molar-refractivity contribution is 6.31. The van der Waals surface area contributed by atoms with E-state index in [1.807, 2.05) is 55.5 Å². The Morgan fingerprint density at radius 2 is 1.73 bits per heavy atom. The quantitative estimate of drug-likeness (QED) is 0.544. The van der Waals surface area contributed by atoms with Crippen LogP contribution in [0.2, 0.25) is 5.02 Å². The van der Waals surface area contributed by atoms with Crippen molar-refractivity contribution in [2.24, 2.45) is 0 Å². The monoisotopic (exact) mass is 463 g/mol. The van der Waals surface area contributed by atoms with E-state index < -0.39 is 0 Å². The first-order chi connectivity index (χ1) is 16.0. The fraction of sp³-hybridized carbons (Fsp3) is 0.231. The number of amides is 2. The van der Waals surface area contributed by atoms with Crippen molar-refractivity contribution >= 4 is 40.5 Å². The number of carbonyl (C=O) groups excluding carboxylic acids is 2. The molecule has 7 heteroatoms. The Balaban J connectivity index is 1.59. The van der Waals surface area contributed by atoms with E-state index in [-0.39, 0.29) is 18.2 Å². The molecule has 1 aliphatic rings. The number of nitrogens with zero attached hydrogens (tertiary/aromatic N) is 1. The summed E-state index contributed by atoms with van der Waals surface area (Å²) in [6, 6.07) is 20.4. The number of anilines is 3. The lowest BCUT2D eigenvalue weighted by atomic mass is 10.1. The van der Waals surface area contributed by atoms with Crippen LogP contribution in [0.3, 0.4) is 0 Å². The Morgan fingerprint density at radius 3 is 2.48 bits per heavy atom. The van der Waals surface area contributed by atoms with E-state index >= 15 is 0 Å². The van der Waals surface area contributed by atoms with Crippen molar-refractivity contribution in [3.8, 4) is 0 Å². The molecule has 1 aliphatic heterocycles. The first-order valence-corrected chi connectivity index (χ1v) is 11.3. The first kappa shape index (κ1) is 22.8. The molecular weight excluding hydrogens is 438 g/mol. The van der Waals surface area contributed by atoms with Crippen LogP contribution in [0.25, 0.3) is 0 Å². The Morgan fingerprint density at radius 1 is 0.970 bits per heavy atom. The largest absolute Gasteiger partial charge is 0.378 e. The molecule has 2 amide bonds. The molecule has 4 rings (SSSR count). The molecule has 0 aliphatic carbocycles. The van der Waals surface area contributed by atoms with Crippen molar-refractivity contribution in [1.29, 1.82) is 0 Å². The van der Waals surface area contributed by atoms with Gasteiger partial charge >= 0.3 is 0 Å². The Labute approximate surface area is 198 Å². The van der Waals surface area contributed by atoms with Gasteiger partial charge in [-0.25, -0.2) is 0 Å². The van der Waals surface area contributed by atoms with E-state index in [0.717, 1.165) is 16.8 Å². The second kappa shape index (κ2) is 10.5. The van der Waals surface area contributed by atoms with Gasteiger partial charge in [0.2, 0.25) is 5.91 Å². The topological polar surface area (TPSA) is 70.7 Å². The van der Waals surface area contributed by atoms with Crippen LogP contribution in [-0.4, -0.2) is 38.1 Å². The van der Waals surface area contributed by atoms with Crippen molar-refractivity contribution in [2.75, 3.05) is 41.8 Å². The molecule has 170 valence electrons. The molecule has 2 N–H and O–H groups in total. The summed E-state index contributed by atoms with van der Waals surface area (Å²) in [5.74, 6) is -0.404. The number of carbonyl (C=O) groups is 2. The third kappa shape index (κ3) is 5.92. The van der Waals surface area contributed by atoms with Crippen molar-refractivity contribution in [3.63, 3.8) is 0 Å². The third-order valence-electron chi connectivity index (χ3n) is 5.53. The molecule has 1 saturated heterocycles. The Bertz CT molecular complexity index is 1140. The predicted octanol–water partition coefficient (Wildman–Crippen LogP) is 4.92. The van der Waals surface area contributed by atoms with Gasteiger partial charge in [-0.1, -0.05) is 48.0 Å². The molecule has 1 heterocycles. The average Bonchev–Trinajstić information content (AvgIpc) is 2.82. The Hall–Kier alpha value is -3.35. The van der Waals surface area contributed by atoms with Crippen LogP contribution in [0.4, 0.5) is 17.1 Å². The zero-order valence-electron chi connectivity index (χ0n) is 18.4. The SMILES string of the molecule is Cc1ccc(Cl)cc1NC(=O)c1cc(NC(=O)Cc2ccccc2)ccc1N1CCOCC1. The molecule has 0 aromatic heterocycles. The summed E-state index contributed by atoms with van der Waals surface area (Å²) >= 11 is 6.13. The van der Waals surface area contributed by atoms with E-state index in [9.17, 15) is 9.59 Å². The van der Waals surface area contributed by atoms with Crippen LogP contribution < -0.4 is 15.5 Å². The summed E-state index contributed by atoms with van der Waals surface area (Å²) in [6.07, 6.45) is 0.259. The molecule has 0 bridgehead atoms. The molecule has 3 aromatic rings. The molecule has 0 radical (unpaired) electrons. The van der Waals surface area contributed by atoms with Gasteiger partial charge in [0, 0.05) is 35.2 Å². The molecule has 0 atom stereocenters. The summed E-state index contributed by atoms with van der Waals surface area (Å²) in [5, 5.41) is 6.44. The maximum atomic E-state index is 13.3. The van der Waals surface area contributed by atoms with Crippen LogP contribution in [0.5, 0.6) is 0 Å². The molecule has 0 saturated carbocycles. The molecule has 33 heavy (non-hydrogen) atoms. The fourth-order valence-corrected chi connectivity index (χ4v) is 3.95. The maximum absolute atomic E-state index is 13.3. The lowest BCUT2D eigenvalue weighted by molar-refractivity contribution is -0.115. The number of benzene rings is 3. The van der Waals surface area contributed by atoms with Gasteiger partial charge in [0.1, 0.15) is 0 Å². The fourth-order valence-electron chi connectivity index (χ4n) is 3.78. The van der Waals surface area contributed by atoms with E-state index in [1.54, 1.807) is 18.2 Å². The van der Waals surface area contributed by atoms with Gasteiger partial charge in [0.05, 0.1) is 25.2 Å². The van der Waals surface area contributed by atoms with Gasteiger partial charge in [-0.15, -0.1) is 0 Å². The van der Waals surface area contributed by atoms with Crippen LogP contribution in [0.15, 0.2) is 66.7 Å². The van der Waals surface area contributed by atoms with E-state index in [2.05, 4.69) is 15.5 Å². The standard InChI is InChI=1S/C26H26ClN3O3/c1-18-7-8-20(27)16-23(18)29-26(32)22-17-21(9-10-24(22)30-11-13-33-14-12-30)28-25(31)15-19-5-3-2-4-6-19/h2-10,16-17H,11-15H2,1H3,(H,28,31)(H,29,32). The van der Waals surface area contributed by atoms with E-state index in [4.69, 9.17) is 16.3 Å². The number of halogens is 1. The van der Waals surface area contributed by atoms with Crippen LogP contribution in [-0.2, 0) is 16.0 Å². The lowest BCUT2D eigenvalue weighted by Gasteiger charge is -2.30. The predicted molar refractivity (Wildman–Crippen MR) is 132 cm³/mol. The minimum absolute atomic E-state index is 0.141. The van der Waals surface area contributed by atoms with Gasteiger partial charge in [-0.05, 0) is 48.4 Å². The summed E-state index contributed by atoms with van der Waals surface area (Å²) in [5.41, 5.74) is 4.34. The number of hydrogen-bond acceptors (Lipinski definition) is 4. The van der Waals surface area contributed by atoms with Crippen LogP contribution >= 0.6 is 11.6 Å². The minimum Gasteiger partial charge on any atom is -0.378 e. The third-order valence-corrected chi connectivity index (χ3v) is 5.77. The highest BCUT2D eigenvalue weighted by Gasteiger charge is 2.20. The summed E-state index contributed by atoms with van der Waals surface area (Å²) in [6.45, 7) is 4.50. The van der Waals surface area contributed by atoms with Gasteiger partial charge in [-0.2, -0.15) is 0 Å². The number of rotatable bonds is 6. The number of nitrogens with one attached hydrogen (secondary N) is 2. The zero-order chi connectivity index (χ0) is 23.2. The van der Waals surface area contributed by atoms with Crippen LogP contribution in [0, 0.1) is 6.92 Å². The zero-order valence-corrected chi connectivity index (χ0v) is 19.2. The normalized spacial score (nSPS) is 13.5. The van der Waals surface area contributed by atoms with Crippen molar-refractivity contribution in [2.45, 2.75) is 13.3 Å². The van der Waals surface area contributed by atoms with Gasteiger partial charge in [0.15, 0.2) is 0 Å². The smallest absolute Gasteiger partial charge is 0.257 e. The number of hydrogen-bond donors (Lipinski definition) is 2. The minimum atomic E-state index is -0.263. The summed E-state index contributed by atoms with van der Waals surface area (Å²) in [7, 11) is 0. The van der Waals surface area contributed by atoms with E-state index in [0.29, 0.717) is 48.3 Å². The van der Waals surface area contributed by atoms with Gasteiger partial charge in [0.25, 0.3) is 5.91 Å². The average molecular weight is 464 g/mol. The van der Waals surface area contributed by atoms with Crippen LogP contribution in [0.1, 0.15) is 21.5 Å². The van der Waals surface area contributed by atoms with E-state index in [1.165, 1.54) is 0 Å². The highest BCUT2D eigenvalue weighted by atomic mass is 35.5. The maximum Gasteiger partial charge on any atom is 0.257 e. The number of morpholine rings is 1. The summed E-state index contributed by atoms with van der Waals surface area (Å²) in [4.78, 5) is 28.0. The molecule has 0 spiro atoms. The highest BCUT2D eigenvalue weighted by Crippen LogP contribution is 2.28. The van der Waals surface area contributed by atoms with Crippen molar-refractivity contribution < 1.29 is 14.3 Å². The van der Waals surface area contributed by atoms with Crippen molar-refractivity contribution in [1.82, 2.24) is 0 Å². The van der Waals surface area contributed by atoms with Crippen molar-refractivity contribution in [3.05, 3.63) is 88.4 Å². The lowest BCUT2D eigenvalue weighted by Crippen LogP contribution is -2.37. The molecule has 0 unspecified atom stereocenters. The first-order valence-electron chi connectivity index (χ1n) is 10.9. The number of ether oxygens (including phenoxy) is 1. The second-order valence-corrected chi connectivity index (χ2v) is 8.39. The number of aryl methyl sites for hydroxylation is 1. The second-order valence-electron chi connectivity index (χ2n) is 7.96. The molecule has 6 nitrogen and oxygen atoms in total. The molecule has 1 fully saturated rings. The molecular formula is C26H26ClN3O3. The Kier molecular flexibility index (Phi) is 7.27.